The fraction of sp³-hybridized carbons (Fsp3) is 0.692. The Kier molecular flexibility index (Phi) is 6.31. The van der Waals surface area contributed by atoms with Crippen LogP contribution < -0.4 is 10.9 Å². The summed E-state index contributed by atoms with van der Waals surface area (Å²) in [5.41, 5.74) is 0.297. The third-order valence-corrected chi connectivity index (χ3v) is 3.30. The van der Waals surface area contributed by atoms with Gasteiger partial charge in [0.25, 0.3) is 5.56 Å². The molecule has 1 atom stereocenters. The molecule has 2 N–H and O–H groups in total. The Morgan fingerprint density at radius 2 is 2.16 bits per heavy atom. The Bertz CT molecular complexity index is 460. The number of hydrogen-bond donors (Lipinski definition) is 2. The van der Waals surface area contributed by atoms with Gasteiger partial charge in [-0.05, 0) is 32.6 Å². The second-order valence-electron chi connectivity index (χ2n) is 5.07. The molecule has 1 heterocycles. The molecule has 0 aliphatic rings. The molecule has 0 aliphatic carbocycles. The number of aromatic nitrogens is 2. The van der Waals surface area contributed by atoms with Crippen LogP contribution in [0.4, 0.5) is 5.69 Å². The standard InChI is InChI=1S/C13H22ClN3O2/c1-9(2)17-13(19)12(14)11(7-16-17)15-6-4-5-10(3)8-18/h7,9-10,15,18H,4-6,8H2,1-3H3. The summed E-state index contributed by atoms with van der Waals surface area (Å²) >= 11 is 6.04. The third-order valence-electron chi connectivity index (χ3n) is 2.93. The van der Waals surface area contributed by atoms with E-state index in [2.05, 4.69) is 10.4 Å². The molecule has 108 valence electrons. The summed E-state index contributed by atoms with van der Waals surface area (Å²) in [5, 5.41) is 16.3. The van der Waals surface area contributed by atoms with Crippen molar-refractivity contribution in [2.75, 3.05) is 18.5 Å². The van der Waals surface area contributed by atoms with E-state index in [1.807, 2.05) is 20.8 Å². The highest BCUT2D eigenvalue weighted by Crippen LogP contribution is 2.16. The molecule has 0 spiro atoms. The molecule has 0 amide bonds. The molecule has 0 radical (unpaired) electrons. The number of nitrogens with zero attached hydrogens (tertiary/aromatic N) is 2. The van der Waals surface area contributed by atoms with Crippen LogP contribution in [0.3, 0.4) is 0 Å². The first kappa shape index (κ1) is 16.0. The van der Waals surface area contributed by atoms with Gasteiger partial charge < -0.3 is 10.4 Å². The SMILES string of the molecule is CC(CO)CCCNc1cnn(C(C)C)c(=O)c1Cl. The molecular weight excluding hydrogens is 266 g/mol. The lowest BCUT2D eigenvalue weighted by molar-refractivity contribution is 0.229. The van der Waals surface area contributed by atoms with E-state index in [1.165, 1.54) is 4.68 Å². The Balaban J connectivity index is 2.61. The maximum atomic E-state index is 11.9. The predicted molar refractivity (Wildman–Crippen MR) is 77.9 cm³/mol. The van der Waals surface area contributed by atoms with Gasteiger partial charge in [0.15, 0.2) is 0 Å². The largest absolute Gasteiger partial charge is 0.396 e. The number of rotatable bonds is 7. The van der Waals surface area contributed by atoms with E-state index >= 15 is 0 Å². The lowest BCUT2D eigenvalue weighted by Crippen LogP contribution is -2.25. The van der Waals surface area contributed by atoms with Crippen LogP contribution in [0, 0.1) is 5.92 Å². The van der Waals surface area contributed by atoms with Crippen molar-refractivity contribution in [3.8, 4) is 0 Å². The number of aliphatic hydroxyl groups excluding tert-OH is 1. The van der Waals surface area contributed by atoms with Crippen molar-refractivity contribution in [1.82, 2.24) is 9.78 Å². The lowest BCUT2D eigenvalue weighted by Gasteiger charge is -2.13. The smallest absolute Gasteiger partial charge is 0.287 e. The molecule has 6 heteroatoms. The van der Waals surface area contributed by atoms with Crippen LogP contribution in [0.1, 0.15) is 39.7 Å². The average molecular weight is 288 g/mol. The maximum absolute atomic E-state index is 11.9. The van der Waals surface area contributed by atoms with Gasteiger partial charge in [0.2, 0.25) is 0 Å². The zero-order valence-electron chi connectivity index (χ0n) is 11.7. The molecule has 0 aliphatic heterocycles. The van der Waals surface area contributed by atoms with Gasteiger partial charge in [0, 0.05) is 13.2 Å². The Labute approximate surface area is 118 Å². The number of halogens is 1. The van der Waals surface area contributed by atoms with Crippen LogP contribution >= 0.6 is 11.6 Å². The van der Waals surface area contributed by atoms with Gasteiger partial charge in [-0.15, -0.1) is 0 Å². The molecule has 1 aromatic heterocycles. The van der Waals surface area contributed by atoms with Crippen LogP contribution in [-0.4, -0.2) is 28.0 Å². The molecule has 1 aromatic rings. The topological polar surface area (TPSA) is 67.2 Å². The summed E-state index contributed by atoms with van der Waals surface area (Å²) in [4.78, 5) is 11.9. The van der Waals surface area contributed by atoms with E-state index in [0.29, 0.717) is 18.2 Å². The monoisotopic (exact) mass is 287 g/mol. The Morgan fingerprint density at radius 3 is 2.74 bits per heavy atom. The van der Waals surface area contributed by atoms with Gasteiger partial charge in [-0.2, -0.15) is 5.10 Å². The van der Waals surface area contributed by atoms with Gasteiger partial charge in [-0.1, -0.05) is 18.5 Å². The van der Waals surface area contributed by atoms with Crippen molar-refractivity contribution in [3.63, 3.8) is 0 Å². The average Bonchev–Trinajstić information content (AvgIpc) is 2.38. The van der Waals surface area contributed by atoms with Gasteiger partial charge in [0.05, 0.1) is 17.9 Å². The molecule has 1 unspecified atom stereocenters. The summed E-state index contributed by atoms with van der Waals surface area (Å²) < 4.78 is 1.36. The molecule has 0 saturated heterocycles. The number of hydrogen-bond acceptors (Lipinski definition) is 4. The zero-order chi connectivity index (χ0) is 14.4. The predicted octanol–water partition coefficient (Wildman–Crippen LogP) is 2.30. The number of nitrogens with one attached hydrogen (secondary N) is 1. The fourth-order valence-electron chi connectivity index (χ4n) is 1.70. The van der Waals surface area contributed by atoms with Crippen molar-refractivity contribution in [2.45, 2.75) is 39.7 Å². The minimum atomic E-state index is -0.273. The Hall–Kier alpha value is -1.07. The van der Waals surface area contributed by atoms with Crippen LogP contribution in [0.5, 0.6) is 0 Å². The van der Waals surface area contributed by atoms with E-state index in [4.69, 9.17) is 16.7 Å². The Morgan fingerprint density at radius 1 is 1.47 bits per heavy atom. The highest BCUT2D eigenvalue weighted by molar-refractivity contribution is 6.32. The highest BCUT2D eigenvalue weighted by atomic mass is 35.5. The van der Waals surface area contributed by atoms with E-state index < -0.39 is 0 Å². The van der Waals surface area contributed by atoms with E-state index in [1.54, 1.807) is 6.20 Å². The van der Waals surface area contributed by atoms with Crippen molar-refractivity contribution < 1.29 is 5.11 Å². The molecule has 5 nitrogen and oxygen atoms in total. The summed E-state index contributed by atoms with van der Waals surface area (Å²) in [6.45, 7) is 6.67. The fourth-order valence-corrected chi connectivity index (χ4v) is 1.90. The van der Waals surface area contributed by atoms with Crippen LogP contribution in [-0.2, 0) is 0 Å². The molecule has 0 bridgehead atoms. The first-order valence-electron chi connectivity index (χ1n) is 6.59. The zero-order valence-corrected chi connectivity index (χ0v) is 12.4. The molecule has 0 fully saturated rings. The van der Waals surface area contributed by atoms with Gasteiger partial charge in [-0.3, -0.25) is 4.79 Å². The van der Waals surface area contributed by atoms with Crippen LogP contribution in [0.15, 0.2) is 11.0 Å². The van der Waals surface area contributed by atoms with Crippen molar-refractivity contribution >= 4 is 17.3 Å². The highest BCUT2D eigenvalue weighted by Gasteiger charge is 2.10. The quantitative estimate of drug-likeness (QED) is 0.755. The molecule has 0 saturated carbocycles. The van der Waals surface area contributed by atoms with Gasteiger partial charge >= 0.3 is 0 Å². The van der Waals surface area contributed by atoms with E-state index in [-0.39, 0.29) is 23.2 Å². The van der Waals surface area contributed by atoms with Crippen LogP contribution in [0.2, 0.25) is 5.02 Å². The number of aliphatic hydroxyl groups is 1. The summed E-state index contributed by atoms with van der Waals surface area (Å²) in [6, 6.07) is -0.00977. The van der Waals surface area contributed by atoms with E-state index in [9.17, 15) is 4.79 Å². The molecule has 1 rings (SSSR count). The molecule has 0 aromatic carbocycles. The molecule has 19 heavy (non-hydrogen) atoms. The molecular formula is C13H22ClN3O2. The summed E-state index contributed by atoms with van der Waals surface area (Å²) in [6.07, 6.45) is 3.42. The summed E-state index contributed by atoms with van der Waals surface area (Å²) in [5.74, 6) is 0.296. The second kappa shape index (κ2) is 7.50. The normalized spacial score (nSPS) is 12.7. The minimum Gasteiger partial charge on any atom is -0.396 e. The maximum Gasteiger partial charge on any atom is 0.287 e. The van der Waals surface area contributed by atoms with Gasteiger partial charge in [-0.25, -0.2) is 4.68 Å². The summed E-state index contributed by atoms with van der Waals surface area (Å²) in [7, 11) is 0. The lowest BCUT2D eigenvalue weighted by atomic mass is 10.1. The minimum absolute atomic E-state index is 0.00977. The van der Waals surface area contributed by atoms with Crippen molar-refractivity contribution in [2.24, 2.45) is 5.92 Å². The van der Waals surface area contributed by atoms with Crippen molar-refractivity contribution in [3.05, 3.63) is 21.6 Å². The number of anilines is 1. The third kappa shape index (κ3) is 4.51. The second-order valence-corrected chi connectivity index (χ2v) is 5.45. The first-order chi connectivity index (χ1) is 8.97. The first-order valence-corrected chi connectivity index (χ1v) is 6.97. The van der Waals surface area contributed by atoms with Crippen molar-refractivity contribution in [1.29, 1.82) is 0 Å². The van der Waals surface area contributed by atoms with E-state index in [0.717, 1.165) is 12.8 Å². The van der Waals surface area contributed by atoms with Gasteiger partial charge in [0.1, 0.15) is 5.02 Å². The van der Waals surface area contributed by atoms with Crippen LogP contribution in [0.25, 0.3) is 0 Å².